The quantitative estimate of drug-likeness (QED) is 0.607. The summed E-state index contributed by atoms with van der Waals surface area (Å²) in [5.74, 6) is 0.250. The van der Waals surface area contributed by atoms with Crippen LogP contribution in [0.4, 0.5) is 5.69 Å². The summed E-state index contributed by atoms with van der Waals surface area (Å²) in [4.78, 5) is 9.70. The molecular formula is C27H38N4O4S. The Morgan fingerprint density at radius 2 is 1.78 bits per heavy atom. The summed E-state index contributed by atoms with van der Waals surface area (Å²) in [7, 11) is -3.64. The Morgan fingerprint density at radius 3 is 2.47 bits per heavy atom. The number of benzene rings is 1. The van der Waals surface area contributed by atoms with E-state index in [1.807, 2.05) is 24.4 Å². The van der Waals surface area contributed by atoms with Crippen LogP contribution in [0, 0.1) is 11.3 Å². The van der Waals surface area contributed by atoms with Crippen molar-refractivity contribution >= 4 is 26.5 Å². The van der Waals surface area contributed by atoms with Crippen LogP contribution in [0.1, 0.15) is 33.1 Å². The fourth-order valence-electron chi connectivity index (χ4n) is 7.11. The lowest BCUT2D eigenvalue weighted by Crippen LogP contribution is -2.69. The molecule has 5 heterocycles. The van der Waals surface area contributed by atoms with Crippen molar-refractivity contribution in [2.45, 2.75) is 50.1 Å². The minimum atomic E-state index is -3.64. The number of hydrogen-bond acceptors (Lipinski definition) is 7. The van der Waals surface area contributed by atoms with Crippen LogP contribution < -0.4 is 4.90 Å². The second-order valence-corrected chi connectivity index (χ2v) is 13.1. The van der Waals surface area contributed by atoms with E-state index in [1.165, 1.54) is 0 Å². The molecule has 1 aromatic carbocycles. The Hall–Kier alpha value is -1.78. The zero-order valence-corrected chi connectivity index (χ0v) is 22.3. The summed E-state index contributed by atoms with van der Waals surface area (Å²) in [5, 5.41) is 1.68. The van der Waals surface area contributed by atoms with E-state index in [9.17, 15) is 8.42 Å². The number of aromatic nitrogens is 1. The van der Waals surface area contributed by atoms with E-state index >= 15 is 0 Å². The zero-order chi connectivity index (χ0) is 24.9. The highest BCUT2D eigenvalue weighted by molar-refractivity contribution is 7.89. The van der Waals surface area contributed by atoms with E-state index < -0.39 is 10.0 Å². The molecule has 9 heteroatoms. The smallest absolute Gasteiger partial charge is 0.243 e. The van der Waals surface area contributed by atoms with Gasteiger partial charge in [-0.25, -0.2) is 8.42 Å². The maximum atomic E-state index is 14.1. The Labute approximate surface area is 214 Å². The van der Waals surface area contributed by atoms with Crippen LogP contribution in [0.15, 0.2) is 35.5 Å². The van der Waals surface area contributed by atoms with Gasteiger partial charge in [0.05, 0.1) is 11.5 Å². The number of fused-ring (bicyclic) bond motifs is 1. The highest BCUT2D eigenvalue weighted by Crippen LogP contribution is 2.51. The molecule has 4 aliphatic rings. The first-order chi connectivity index (χ1) is 17.4. The van der Waals surface area contributed by atoms with Gasteiger partial charge in [0, 0.05) is 98.9 Å². The van der Waals surface area contributed by atoms with Crippen LogP contribution >= 0.6 is 0 Å². The Morgan fingerprint density at radius 1 is 1.00 bits per heavy atom. The molecule has 2 aromatic rings. The molecule has 4 aliphatic heterocycles. The predicted octanol–water partition coefficient (Wildman–Crippen LogP) is 2.97. The van der Waals surface area contributed by atoms with Gasteiger partial charge >= 0.3 is 0 Å². The lowest BCUT2D eigenvalue weighted by Gasteiger charge is -2.59. The lowest BCUT2D eigenvalue weighted by molar-refractivity contribution is -0.109. The first-order valence-electron chi connectivity index (χ1n) is 13.4. The monoisotopic (exact) mass is 514 g/mol. The first-order valence-corrected chi connectivity index (χ1v) is 14.9. The summed E-state index contributed by atoms with van der Waals surface area (Å²) in [6.45, 7) is 11.8. The highest BCUT2D eigenvalue weighted by Gasteiger charge is 2.58. The molecule has 6 rings (SSSR count). The first kappa shape index (κ1) is 24.6. The van der Waals surface area contributed by atoms with Crippen molar-refractivity contribution in [2.24, 2.45) is 11.3 Å². The lowest BCUT2D eigenvalue weighted by atomic mass is 9.64. The molecule has 8 nitrogen and oxygen atoms in total. The Kier molecular flexibility index (Phi) is 6.49. The van der Waals surface area contributed by atoms with Crippen molar-refractivity contribution < 1.29 is 17.9 Å². The van der Waals surface area contributed by atoms with E-state index in [1.54, 1.807) is 10.5 Å². The third kappa shape index (κ3) is 4.04. The SMILES string of the molecule is CC(C)C1N(S(=O)(=O)c2ccc(N3CCN(C4CCOC4)CC3)c3cnccc23)CC12CCOCC2. The number of rotatable bonds is 5. The van der Waals surface area contributed by atoms with Crippen LogP contribution in [-0.2, 0) is 19.5 Å². The van der Waals surface area contributed by atoms with Crippen LogP contribution in [0.3, 0.4) is 0 Å². The van der Waals surface area contributed by atoms with E-state index in [-0.39, 0.29) is 17.4 Å². The van der Waals surface area contributed by atoms with Gasteiger partial charge in [0.15, 0.2) is 0 Å². The molecule has 0 radical (unpaired) electrons. The van der Waals surface area contributed by atoms with Crippen molar-refractivity contribution in [1.82, 2.24) is 14.2 Å². The van der Waals surface area contributed by atoms with Crippen molar-refractivity contribution in [3.8, 4) is 0 Å². The highest BCUT2D eigenvalue weighted by atomic mass is 32.2. The molecule has 1 spiro atoms. The molecule has 2 unspecified atom stereocenters. The number of anilines is 1. The van der Waals surface area contributed by atoms with Gasteiger partial charge in [0.25, 0.3) is 0 Å². The molecule has 0 bridgehead atoms. The second-order valence-electron chi connectivity index (χ2n) is 11.3. The van der Waals surface area contributed by atoms with Crippen LogP contribution in [0.25, 0.3) is 10.8 Å². The molecule has 0 aliphatic carbocycles. The summed E-state index contributed by atoms with van der Waals surface area (Å²) in [6, 6.07) is 6.24. The second kappa shape index (κ2) is 9.51. The van der Waals surface area contributed by atoms with Gasteiger partial charge < -0.3 is 14.4 Å². The Bertz CT molecular complexity index is 1200. The van der Waals surface area contributed by atoms with Gasteiger partial charge in [-0.05, 0) is 43.4 Å². The molecule has 1 aromatic heterocycles. The van der Waals surface area contributed by atoms with Crippen molar-refractivity contribution in [3.63, 3.8) is 0 Å². The number of ether oxygens (including phenoxy) is 2. The van der Waals surface area contributed by atoms with Gasteiger partial charge in [-0.15, -0.1) is 0 Å². The van der Waals surface area contributed by atoms with Gasteiger partial charge in [-0.1, -0.05) is 13.8 Å². The van der Waals surface area contributed by atoms with Gasteiger partial charge in [-0.2, -0.15) is 4.31 Å². The number of hydrogen-bond donors (Lipinski definition) is 0. The van der Waals surface area contributed by atoms with E-state index in [2.05, 4.69) is 28.6 Å². The van der Waals surface area contributed by atoms with Crippen LogP contribution in [0.5, 0.6) is 0 Å². The molecule has 0 saturated carbocycles. The topological polar surface area (TPSA) is 75.2 Å². The number of sulfonamides is 1. The maximum Gasteiger partial charge on any atom is 0.243 e. The number of piperazine rings is 1. The summed E-state index contributed by atoms with van der Waals surface area (Å²) < 4.78 is 41.1. The zero-order valence-electron chi connectivity index (χ0n) is 21.4. The average molecular weight is 515 g/mol. The van der Waals surface area contributed by atoms with Crippen LogP contribution in [0.2, 0.25) is 0 Å². The van der Waals surface area contributed by atoms with Gasteiger partial charge in [0.2, 0.25) is 10.0 Å². The normalized spacial score (nSPS) is 27.7. The fraction of sp³-hybridized carbons (Fsp3) is 0.667. The standard InChI is InChI=1S/C27H38N4O4S/c1-20(2)26-27(7-15-34-16-8-27)19-31(26)36(32,33)25-4-3-24(23-17-28-9-5-22(23)25)30-12-10-29(11-13-30)21-6-14-35-18-21/h3-5,9,17,20-21,26H,6-8,10-16,18-19H2,1-2H3. The van der Waals surface area contributed by atoms with Crippen molar-refractivity contribution in [2.75, 3.05) is 64.1 Å². The third-order valence-corrected chi connectivity index (χ3v) is 10.8. The molecule has 4 fully saturated rings. The minimum Gasteiger partial charge on any atom is -0.381 e. The van der Waals surface area contributed by atoms with Crippen molar-refractivity contribution in [1.29, 1.82) is 0 Å². The molecule has 36 heavy (non-hydrogen) atoms. The third-order valence-electron chi connectivity index (χ3n) is 8.95. The summed E-state index contributed by atoms with van der Waals surface area (Å²) in [6.07, 6.45) is 6.52. The average Bonchev–Trinajstić information content (AvgIpc) is 3.42. The molecule has 0 N–H and O–H groups in total. The number of nitrogens with zero attached hydrogens (tertiary/aromatic N) is 4. The van der Waals surface area contributed by atoms with E-state index in [0.29, 0.717) is 17.5 Å². The van der Waals surface area contributed by atoms with Gasteiger partial charge in [0.1, 0.15) is 0 Å². The molecule has 4 saturated heterocycles. The molecule has 196 valence electrons. The number of pyridine rings is 1. The fourth-order valence-corrected chi connectivity index (χ4v) is 9.26. The predicted molar refractivity (Wildman–Crippen MR) is 140 cm³/mol. The van der Waals surface area contributed by atoms with E-state index in [0.717, 1.165) is 88.3 Å². The maximum absolute atomic E-state index is 14.1. The van der Waals surface area contributed by atoms with Gasteiger partial charge in [-0.3, -0.25) is 9.88 Å². The summed E-state index contributed by atoms with van der Waals surface area (Å²) in [5.41, 5.74) is 1.12. The van der Waals surface area contributed by atoms with Crippen molar-refractivity contribution in [3.05, 3.63) is 30.6 Å². The minimum absolute atomic E-state index is 0.00982. The molecular weight excluding hydrogens is 476 g/mol. The van der Waals surface area contributed by atoms with Crippen LogP contribution in [-0.4, -0.2) is 93.8 Å². The van der Waals surface area contributed by atoms with E-state index in [4.69, 9.17) is 9.47 Å². The Balaban J connectivity index is 1.29. The molecule has 2 atom stereocenters. The largest absolute Gasteiger partial charge is 0.381 e. The summed E-state index contributed by atoms with van der Waals surface area (Å²) >= 11 is 0. The molecule has 0 amide bonds.